The van der Waals surface area contributed by atoms with E-state index >= 15 is 0 Å². The molecule has 0 radical (unpaired) electrons. The Morgan fingerprint density at radius 2 is 1.93 bits per heavy atom. The van der Waals surface area contributed by atoms with Crippen LogP contribution in [-0.4, -0.2) is 51.2 Å². The second kappa shape index (κ2) is 13.1. The minimum Gasteiger partial charge on any atom is -0.481 e. The lowest BCUT2D eigenvalue weighted by Crippen LogP contribution is -2.20. The Hall–Kier alpha value is -0.460. The Morgan fingerprint density at radius 3 is 2.59 bits per heavy atom. The number of thioether (sulfide) groups is 1. The highest BCUT2D eigenvalue weighted by Gasteiger charge is 2.42. The third-order valence-electron chi connectivity index (χ3n) is 5.34. The van der Waals surface area contributed by atoms with E-state index in [1.807, 2.05) is 12.1 Å². The third-order valence-corrected chi connectivity index (χ3v) is 7.79. The lowest BCUT2D eigenvalue weighted by atomic mass is 9.94. The highest BCUT2D eigenvalue weighted by atomic mass is 35.5. The first-order valence-corrected chi connectivity index (χ1v) is 12.3. The molecular weight excluding hydrogens is 431 g/mol. The van der Waals surface area contributed by atoms with Crippen molar-refractivity contribution in [3.05, 3.63) is 35.4 Å². The number of halogens is 2. The van der Waals surface area contributed by atoms with Crippen LogP contribution in [0.4, 0.5) is 0 Å². The second-order valence-electron chi connectivity index (χ2n) is 7.56. The van der Waals surface area contributed by atoms with Crippen LogP contribution in [0.2, 0.25) is 0 Å². The zero-order valence-corrected chi connectivity index (χ0v) is 19.3. The fourth-order valence-electron chi connectivity index (χ4n) is 3.73. The summed E-state index contributed by atoms with van der Waals surface area (Å²) < 4.78 is 5.38. The summed E-state index contributed by atoms with van der Waals surface area (Å²) >= 11 is 15.0. The lowest BCUT2D eigenvalue weighted by molar-refractivity contribution is -0.138. The highest BCUT2D eigenvalue weighted by molar-refractivity contribution is 8.00. The van der Waals surface area contributed by atoms with Crippen molar-refractivity contribution in [2.45, 2.75) is 73.5 Å². The molecule has 164 valence electrons. The van der Waals surface area contributed by atoms with Gasteiger partial charge in [-0.3, -0.25) is 4.79 Å². The van der Waals surface area contributed by atoms with Gasteiger partial charge in [0, 0.05) is 27.7 Å². The van der Waals surface area contributed by atoms with Gasteiger partial charge in [-0.05, 0) is 24.0 Å². The van der Waals surface area contributed by atoms with Gasteiger partial charge in [-0.1, -0.05) is 50.5 Å². The smallest absolute Gasteiger partial charge is 0.305 e. The molecule has 7 heteroatoms. The lowest BCUT2D eigenvalue weighted by Gasteiger charge is -2.24. The van der Waals surface area contributed by atoms with E-state index in [0.29, 0.717) is 6.61 Å². The standard InChI is InChI=1S/C22H32Cl2O4S/c1-2-3-4-5-19(25)15-6-8-16(9-7-15)21-17(23)14-18(24)22(21)29-13-12-28-11-10-20(26)27/h6-9,17-19,21-22,25H,2-5,10-14H2,1H3,(H,26,27). The Balaban J connectivity index is 1.91. The van der Waals surface area contributed by atoms with Gasteiger partial charge in [0.2, 0.25) is 0 Å². The van der Waals surface area contributed by atoms with E-state index in [1.54, 1.807) is 11.8 Å². The van der Waals surface area contributed by atoms with Crippen LogP contribution in [0.3, 0.4) is 0 Å². The number of carboxylic acid groups (broad SMARTS) is 1. The summed E-state index contributed by atoms with van der Waals surface area (Å²) in [5, 5.41) is 19.2. The van der Waals surface area contributed by atoms with Gasteiger partial charge in [-0.2, -0.15) is 11.8 Å². The van der Waals surface area contributed by atoms with Gasteiger partial charge in [0.1, 0.15) is 0 Å². The fourth-order valence-corrected chi connectivity index (χ4v) is 6.33. The predicted octanol–water partition coefficient (Wildman–Crippen LogP) is 5.60. The van der Waals surface area contributed by atoms with Crippen molar-refractivity contribution in [2.24, 2.45) is 0 Å². The van der Waals surface area contributed by atoms with Crippen molar-refractivity contribution in [1.82, 2.24) is 0 Å². The number of carbonyl (C=O) groups is 1. The quantitative estimate of drug-likeness (QED) is 0.295. The average molecular weight is 463 g/mol. The Labute approximate surface area is 188 Å². The highest BCUT2D eigenvalue weighted by Crippen LogP contribution is 2.47. The average Bonchev–Trinajstić information content (AvgIpc) is 2.97. The molecule has 1 aliphatic rings. The van der Waals surface area contributed by atoms with Gasteiger partial charge >= 0.3 is 5.97 Å². The zero-order chi connectivity index (χ0) is 21.2. The van der Waals surface area contributed by atoms with Crippen LogP contribution in [0.5, 0.6) is 0 Å². The molecule has 1 aliphatic carbocycles. The van der Waals surface area contributed by atoms with E-state index in [-0.39, 0.29) is 34.9 Å². The van der Waals surface area contributed by atoms with Crippen molar-refractivity contribution in [1.29, 1.82) is 0 Å². The summed E-state index contributed by atoms with van der Waals surface area (Å²) in [5.74, 6) is 0.0506. The SMILES string of the molecule is CCCCCC(O)c1ccc(C2C(Cl)CC(Cl)C2SCCOCCC(=O)O)cc1. The first-order chi connectivity index (χ1) is 13.9. The van der Waals surface area contributed by atoms with E-state index in [0.717, 1.165) is 49.0 Å². The molecule has 29 heavy (non-hydrogen) atoms. The molecule has 0 bridgehead atoms. The summed E-state index contributed by atoms with van der Waals surface area (Å²) in [6, 6.07) is 8.16. The maximum absolute atomic E-state index is 10.5. The molecule has 1 aromatic carbocycles. The number of aliphatic carboxylic acids is 1. The van der Waals surface area contributed by atoms with Gasteiger partial charge < -0.3 is 14.9 Å². The monoisotopic (exact) mass is 462 g/mol. The number of carboxylic acids is 1. The van der Waals surface area contributed by atoms with Crippen molar-refractivity contribution in [2.75, 3.05) is 19.0 Å². The molecule has 0 amide bonds. The molecule has 1 fully saturated rings. The summed E-state index contributed by atoms with van der Waals surface area (Å²) in [6.45, 7) is 2.89. The molecule has 2 rings (SSSR count). The first-order valence-electron chi connectivity index (χ1n) is 10.4. The predicted molar refractivity (Wildman–Crippen MR) is 122 cm³/mol. The molecule has 0 spiro atoms. The van der Waals surface area contributed by atoms with Crippen LogP contribution < -0.4 is 0 Å². The summed E-state index contributed by atoms with van der Waals surface area (Å²) in [5.41, 5.74) is 2.11. The molecule has 0 aromatic heterocycles. The van der Waals surface area contributed by atoms with Crippen LogP contribution in [0, 0.1) is 0 Å². The maximum atomic E-state index is 10.5. The number of aliphatic hydroxyl groups excluding tert-OH is 1. The molecule has 0 heterocycles. The van der Waals surface area contributed by atoms with E-state index in [2.05, 4.69) is 19.1 Å². The number of ether oxygens (including phenoxy) is 1. The molecule has 1 saturated carbocycles. The second-order valence-corrected chi connectivity index (χ2v) is 9.97. The van der Waals surface area contributed by atoms with Crippen molar-refractivity contribution >= 4 is 40.9 Å². The normalized spacial score (nSPS) is 25.2. The van der Waals surface area contributed by atoms with Gasteiger partial charge in [0.15, 0.2) is 0 Å². The summed E-state index contributed by atoms with van der Waals surface area (Å²) in [4.78, 5) is 10.5. The van der Waals surface area contributed by atoms with Crippen LogP contribution in [0.1, 0.15) is 68.6 Å². The molecule has 0 aliphatic heterocycles. The number of aliphatic hydroxyl groups is 1. The number of alkyl halides is 2. The van der Waals surface area contributed by atoms with Crippen molar-refractivity contribution < 1.29 is 19.7 Å². The van der Waals surface area contributed by atoms with E-state index in [1.165, 1.54) is 0 Å². The van der Waals surface area contributed by atoms with E-state index in [9.17, 15) is 9.90 Å². The number of rotatable bonds is 13. The Kier molecular flexibility index (Phi) is 11.2. The number of unbranched alkanes of at least 4 members (excludes halogenated alkanes) is 2. The summed E-state index contributed by atoms with van der Waals surface area (Å²) in [6.07, 6.45) is 4.47. The molecule has 2 N–H and O–H groups in total. The molecule has 5 unspecified atom stereocenters. The Bertz CT molecular complexity index is 613. The molecule has 5 atom stereocenters. The number of hydrogen-bond donors (Lipinski definition) is 2. The minimum atomic E-state index is -0.849. The third kappa shape index (κ3) is 7.95. The van der Waals surface area contributed by atoms with Gasteiger partial charge in [-0.15, -0.1) is 23.2 Å². The topological polar surface area (TPSA) is 66.8 Å². The fraction of sp³-hybridized carbons (Fsp3) is 0.682. The van der Waals surface area contributed by atoms with E-state index in [4.69, 9.17) is 33.0 Å². The first kappa shape index (κ1) is 24.8. The van der Waals surface area contributed by atoms with Crippen molar-refractivity contribution in [3.8, 4) is 0 Å². The van der Waals surface area contributed by atoms with Crippen LogP contribution in [-0.2, 0) is 9.53 Å². The van der Waals surface area contributed by atoms with Crippen LogP contribution in [0.15, 0.2) is 24.3 Å². The molecular formula is C22H32Cl2O4S. The zero-order valence-electron chi connectivity index (χ0n) is 16.9. The van der Waals surface area contributed by atoms with Gasteiger partial charge in [-0.25, -0.2) is 0 Å². The van der Waals surface area contributed by atoms with Crippen molar-refractivity contribution in [3.63, 3.8) is 0 Å². The number of benzene rings is 1. The molecule has 1 aromatic rings. The molecule has 4 nitrogen and oxygen atoms in total. The van der Waals surface area contributed by atoms with Gasteiger partial charge in [0.05, 0.1) is 25.7 Å². The summed E-state index contributed by atoms with van der Waals surface area (Å²) in [7, 11) is 0. The molecule has 0 saturated heterocycles. The van der Waals surface area contributed by atoms with E-state index < -0.39 is 12.1 Å². The van der Waals surface area contributed by atoms with Gasteiger partial charge in [0.25, 0.3) is 0 Å². The number of hydrogen-bond acceptors (Lipinski definition) is 4. The maximum Gasteiger partial charge on any atom is 0.305 e. The largest absolute Gasteiger partial charge is 0.481 e. The van der Waals surface area contributed by atoms with Crippen LogP contribution >= 0.6 is 35.0 Å². The van der Waals surface area contributed by atoms with Crippen LogP contribution in [0.25, 0.3) is 0 Å². The minimum absolute atomic E-state index is 0.00849. The Morgan fingerprint density at radius 1 is 1.21 bits per heavy atom.